The summed E-state index contributed by atoms with van der Waals surface area (Å²) in [5.41, 5.74) is -0.120. The number of aliphatic carboxylic acids is 1. The number of aromatic nitrogens is 2. The van der Waals surface area contributed by atoms with E-state index in [1.54, 1.807) is 0 Å². The Kier molecular flexibility index (Phi) is 4.54. The molecule has 1 aromatic rings. The van der Waals surface area contributed by atoms with Gasteiger partial charge in [0, 0.05) is 24.9 Å². The molecule has 0 unspecified atom stereocenters. The fraction of sp³-hybridized carbons (Fsp3) is 0.615. The molecule has 1 aliphatic carbocycles. The van der Waals surface area contributed by atoms with E-state index in [-0.39, 0.29) is 12.0 Å². The van der Waals surface area contributed by atoms with Crippen molar-refractivity contribution in [2.45, 2.75) is 44.4 Å². The van der Waals surface area contributed by atoms with Crippen LogP contribution >= 0.6 is 0 Å². The first-order valence-electron chi connectivity index (χ1n) is 6.72. The van der Waals surface area contributed by atoms with Gasteiger partial charge in [0.1, 0.15) is 11.6 Å². The van der Waals surface area contributed by atoms with Gasteiger partial charge in [-0.2, -0.15) is 0 Å². The molecule has 0 aliphatic heterocycles. The number of unbranched alkanes of at least 4 members (excludes halogenated alkanes) is 2. The van der Waals surface area contributed by atoms with Crippen LogP contribution in [0.4, 0.5) is 5.82 Å². The van der Waals surface area contributed by atoms with Gasteiger partial charge >= 0.3 is 5.97 Å². The van der Waals surface area contributed by atoms with Crippen LogP contribution in [0.15, 0.2) is 10.9 Å². The SMILES string of the molecule is O=C(O)CCCCCNc1cc(=O)[nH]c(C2CC2)n1. The molecular weight excluding hydrogens is 246 g/mol. The lowest BCUT2D eigenvalue weighted by molar-refractivity contribution is -0.137. The van der Waals surface area contributed by atoms with Gasteiger partial charge in [0.2, 0.25) is 0 Å². The second-order valence-corrected chi connectivity index (χ2v) is 4.92. The molecule has 1 saturated carbocycles. The first kappa shape index (κ1) is 13.6. The molecule has 1 fully saturated rings. The standard InChI is InChI=1S/C13H19N3O3/c17-11-8-10(15-13(16-11)9-5-6-9)14-7-3-1-2-4-12(18)19/h8-9H,1-7H2,(H,18,19)(H2,14,15,16,17). The lowest BCUT2D eigenvalue weighted by Gasteiger charge is -2.06. The average Bonchev–Trinajstić information content (AvgIpc) is 3.16. The van der Waals surface area contributed by atoms with E-state index in [0.717, 1.165) is 31.5 Å². The normalized spacial score (nSPS) is 14.3. The number of nitrogens with one attached hydrogen (secondary N) is 2. The van der Waals surface area contributed by atoms with Crippen molar-refractivity contribution in [2.75, 3.05) is 11.9 Å². The van der Waals surface area contributed by atoms with Gasteiger partial charge in [0.25, 0.3) is 5.56 Å². The van der Waals surface area contributed by atoms with Crippen LogP contribution in [0.5, 0.6) is 0 Å². The Labute approximate surface area is 111 Å². The lowest BCUT2D eigenvalue weighted by Crippen LogP contribution is -2.13. The Morgan fingerprint density at radius 1 is 1.42 bits per heavy atom. The van der Waals surface area contributed by atoms with Crippen molar-refractivity contribution in [2.24, 2.45) is 0 Å². The minimum Gasteiger partial charge on any atom is -0.481 e. The van der Waals surface area contributed by atoms with Crippen LogP contribution < -0.4 is 10.9 Å². The summed E-state index contributed by atoms with van der Waals surface area (Å²) in [5.74, 6) is 1.06. The topological polar surface area (TPSA) is 95.1 Å². The maximum Gasteiger partial charge on any atom is 0.303 e. The molecule has 1 aliphatic rings. The number of hydrogen-bond donors (Lipinski definition) is 3. The molecule has 19 heavy (non-hydrogen) atoms. The van der Waals surface area contributed by atoms with E-state index in [1.807, 2.05) is 0 Å². The molecule has 0 saturated heterocycles. The Hall–Kier alpha value is -1.85. The number of H-pyrrole nitrogens is 1. The number of carboxylic acids is 1. The summed E-state index contributed by atoms with van der Waals surface area (Å²) >= 11 is 0. The predicted octanol–water partition coefficient (Wildman–Crippen LogP) is 1.70. The second-order valence-electron chi connectivity index (χ2n) is 4.92. The third kappa shape index (κ3) is 4.73. The van der Waals surface area contributed by atoms with E-state index < -0.39 is 5.97 Å². The zero-order valence-electron chi connectivity index (χ0n) is 10.8. The zero-order chi connectivity index (χ0) is 13.7. The fourth-order valence-corrected chi connectivity index (χ4v) is 1.91. The highest BCUT2D eigenvalue weighted by molar-refractivity contribution is 5.66. The first-order chi connectivity index (χ1) is 9.15. The quantitative estimate of drug-likeness (QED) is 0.622. The number of anilines is 1. The highest BCUT2D eigenvalue weighted by Gasteiger charge is 2.26. The molecule has 0 bridgehead atoms. The van der Waals surface area contributed by atoms with Crippen molar-refractivity contribution < 1.29 is 9.90 Å². The Balaban J connectivity index is 1.73. The van der Waals surface area contributed by atoms with Crippen molar-refractivity contribution in [3.05, 3.63) is 22.2 Å². The summed E-state index contributed by atoms with van der Waals surface area (Å²) in [6, 6.07) is 1.46. The summed E-state index contributed by atoms with van der Waals surface area (Å²) < 4.78 is 0. The van der Waals surface area contributed by atoms with Crippen molar-refractivity contribution in [1.82, 2.24) is 9.97 Å². The molecule has 6 heteroatoms. The maximum atomic E-state index is 11.5. The summed E-state index contributed by atoms with van der Waals surface area (Å²) in [4.78, 5) is 28.9. The van der Waals surface area contributed by atoms with Gasteiger partial charge in [0.05, 0.1) is 0 Å². The number of hydrogen-bond acceptors (Lipinski definition) is 4. The van der Waals surface area contributed by atoms with Crippen LogP contribution in [-0.2, 0) is 4.79 Å². The van der Waals surface area contributed by atoms with E-state index in [4.69, 9.17) is 5.11 Å². The smallest absolute Gasteiger partial charge is 0.303 e. The minimum atomic E-state index is -0.752. The monoisotopic (exact) mass is 265 g/mol. The van der Waals surface area contributed by atoms with Gasteiger partial charge in [-0.1, -0.05) is 6.42 Å². The second kappa shape index (κ2) is 6.36. The van der Waals surface area contributed by atoms with Crippen LogP contribution in [0, 0.1) is 0 Å². The highest BCUT2D eigenvalue weighted by atomic mass is 16.4. The summed E-state index contributed by atoms with van der Waals surface area (Å²) in [6.45, 7) is 0.709. The summed E-state index contributed by atoms with van der Waals surface area (Å²) in [7, 11) is 0. The number of carboxylic acid groups (broad SMARTS) is 1. The van der Waals surface area contributed by atoms with Crippen LogP contribution in [-0.4, -0.2) is 27.6 Å². The molecule has 0 aromatic carbocycles. The van der Waals surface area contributed by atoms with Gasteiger partial charge in [-0.3, -0.25) is 9.59 Å². The third-order valence-corrected chi connectivity index (χ3v) is 3.10. The molecule has 1 aromatic heterocycles. The largest absolute Gasteiger partial charge is 0.481 e. The first-order valence-corrected chi connectivity index (χ1v) is 6.72. The van der Waals surface area contributed by atoms with Crippen molar-refractivity contribution in [3.8, 4) is 0 Å². The molecule has 104 valence electrons. The Bertz CT molecular complexity index is 494. The molecule has 0 spiro atoms. The van der Waals surface area contributed by atoms with Gasteiger partial charge in [-0.05, 0) is 25.7 Å². The summed E-state index contributed by atoms with van der Waals surface area (Å²) in [5, 5.41) is 11.6. The Morgan fingerprint density at radius 2 is 2.21 bits per heavy atom. The number of nitrogens with zero attached hydrogens (tertiary/aromatic N) is 1. The highest BCUT2D eigenvalue weighted by Crippen LogP contribution is 2.37. The lowest BCUT2D eigenvalue weighted by atomic mass is 10.2. The van der Waals surface area contributed by atoms with Crippen LogP contribution in [0.3, 0.4) is 0 Å². The number of aromatic amines is 1. The zero-order valence-corrected chi connectivity index (χ0v) is 10.8. The van der Waals surface area contributed by atoms with Crippen molar-refractivity contribution in [1.29, 1.82) is 0 Å². The molecule has 6 nitrogen and oxygen atoms in total. The van der Waals surface area contributed by atoms with E-state index in [1.165, 1.54) is 6.07 Å². The molecular formula is C13H19N3O3. The van der Waals surface area contributed by atoms with E-state index in [2.05, 4.69) is 15.3 Å². The molecule has 0 amide bonds. The van der Waals surface area contributed by atoms with E-state index >= 15 is 0 Å². The fourth-order valence-electron chi connectivity index (χ4n) is 1.91. The summed E-state index contributed by atoms with van der Waals surface area (Å²) in [6.07, 6.45) is 4.84. The van der Waals surface area contributed by atoms with Gasteiger partial charge in [-0.25, -0.2) is 4.98 Å². The Morgan fingerprint density at radius 3 is 2.89 bits per heavy atom. The molecule has 0 radical (unpaired) electrons. The number of carbonyl (C=O) groups is 1. The predicted molar refractivity (Wildman–Crippen MR) is 71.4 cm³/mol. The number of rotatable bonds is 8. The van der Waals surface area contributed by atoms with Crippen LogP contribution in [0.25, 0.3) is 0 Å². The van der Waals surface area contributed by atoms with Crippen LogP contribution in [0.1, 0.15) is 50.3 Å². The molecule has 1 heterocycles. The van der Waals surface area contributed by atoms with Gasteiger partial charge in [-0.15, -0.1) is 0 Å². The molecule has 3 N–H and O–H groups in total. The van der Waals surface area contributed by atoms with Crippen molar-refractivity contribution >= 4 is 11.8 Å². The van der Waals surface area contributed by atoms with Gasteiger partial charge in [0.15, 0.2) is 0 Å². The van der Waals surface area contributed by atoms with Crippen LogP contribution in [0.2, 0.25) is 0 Å². The third-order valence-electron chi connectivity index (χ3n) is 3.10. The van der Waals surface area contributed by atoms with E-state index in [9.17, 15) is 9.59 Å². The van der Waals surface area contributed by atoms with Crippen molar-refractivity contribution in [3.63, 3.8) is 0 Å². The molecule has 2 rings (SSSR count). The average molecular weight is 265 g/mol. The van der Waals surface area contributed by atoms with E-state index in [0.29, 0.717) is 24.7 Å². The minimum absolute atomic E-state index is 0.120. The molecule has 0 atom stereocenters. The van der Waals surface area contributed by atoms with Gasteiger partial charge < -0.3 is 15.4 Å². The maximum absolute atomic E-state index is 11.5.